The number of aryl methyl sites for hydroxylation is 1. The number of carboxylic acids is 1. The van der Waals surface area contributed by atoms with E-state index in [2.05, 4.69) is 24.4 Å². The van der Waals surface area contributed by atoms with Gasteiger partial charge in [0.25, 0.3) is 0 Å². The van der Waals surface area contributed by atoms with Gasteiger partial charge in [0.2, 0.25) is 0 Å². The average molecular weight is 233 g/mol. The van der Waals surface area contributed by atoms with E-state index in [-0.39, 0.29) is 0 Å². The van der Waals surface area contributed by atoms with Crippen LogP contribution in [0.15, 0.2) is 35.9 Å². The van der Waals surface area contributed by atoms with Crippen molar-refractivity contribution in [2.45, 2.75) is 26.8 Å². The molecule has 0 heterocycles. The first-order valence-corrected chi connectivity index (χ1v) is 5.82. The maximum Gasteiger partial charge on any atom is 0.330 e. The quantitative estimate of drug-likeness (QED) is 0.586. The molecule has 0 bridgehead atoms. The number of rotatable bonds is 6. The zero-order chi connectivity index (χ0) is 12.7. The zero-order valence-electron chi connectivity index (χ0n) is 10.4. The third-order valence-electron chi connectivity index (χ3n) is 2.70. The first-order chi connectivity index (χ1) is 8.15. The zero-order valence-corrected chi connectivity index (χ0v) is 10.4. The van der Waals surface area contributed by atoms with Gasteiger partial charge in [-0.05, 0) is 24.5 Å². The van der Waals surface area contributed by atoms with Gasteiger partial charge in [-0.3, -0.25) is 0 Å². The molecule has 0 unspecified atom stereocenters. The molecule has 0 aliphatic heterocycles. The Balaban J connectivity index is 2.46. The second-order valence-corrected chi connectivity index (χ2v) is 3.95. The molecule has 1 aromatic carbocycles. The summed E-state index contributed by atoms with van der Waals surface area (Å²) >= 11 is 0. The van der Waals surface area contributed by atoms with E-state index >= 15 is 0 Å². The topological polar surface area (TPSA) is 49.3 Å². The number of nitrogens with one attached hydrogen (secondary N) is 1. The highest BCUT2D eigenvalue weighted by atomic mass is 16.4. The van der Waals surface area contributed by atoms with Crippen LogP contribution in [-0.4, -0.2) is 17.6 Å². The molecule has 2 N–H and O–H groups in total. The minimum atomic E-state index is -0.860. The van der Waals surface area contributed by atoms with E-state index in [4.69, 9.17) is 5.11 Å². The number of hydrogen-bond acceptors (Lipinski definition) is 2. The molecule has 0 fully saturated rings. The molecule has 0 aliphatic rings. The molecule has 1 aromatic rings. The summed E-state index contributed by atoms with van der Waals surface area (Å²) in [6.45, 7) is 5.08. The third kappa shape index (κ3) is 4.41. The van der Waals surface area contributed by atoms with E-state index in [9.17, 15) is 4.79 Å². The van der Waals surface area contributed by atoms with Crippen molar-refractivity contribution in [3.05, 3.63) is 47.0 Å². The molecular weight excluding hydrogens is 214 g/mol. The van der Waals surface area contributed by atoms with Crippen LogP contribution < -0.4 is 5.32 Å². The van der Waals surface area contributed by atoms with Crippen LogP contribution in [0.25, 0.3) is 0 Å². The fourth-order valence-electron chi connectivity index (χ4n) is 1.59. The summed E-state index contributed by atoms with van der Waals surface area (Å²) in [4.78, 5) is 10.6. The van der Waals surface area contributed by atoms with E-state index < -0.39 is 5.97 Å². The lowest BCUT2D eigenvalue weighted by atomic mass is 10.1. The van der Waals surface area contributed by atoms with Crippen molar-refractivity contribution in [2.75, 3.05) is 6.54 Å². The second kappa shape index (κ2) is 6.86. The summed E-state index contributed by atoms with van der Waals surface area (Å²) in [6.07, 6.45) is 2.71. The predicted molar refractivity (Wildman–Crippen MR) is 68.9 cm³/mol. The van der Waals surface area contributed by atoms with Crippen molar-refractivity contribution in [2.24, 2.45) is 0 Å². The average Bonchev–Trinajstić information content (AvgIpc) is 2.34. The van der Waals surface area contributed by atoms with Gasteiger partial charge in [0.1, 0.15) is 0 Å². The van der Waals surface area contributed by atoms with E-state index in [0.29, 0.717) is 12.1 Å². The van der Waals surface area contributed by atoms with Crippen LogP contribution in [0.1, 0.15) is 25.0 Å². The van der Waals surface area contributed by atoms with E-state index in [1.165, 1.54) is 11.1 Å². The van der Waals surface area contributed by atoms with Gasteiger partial charge in [0.05, 0.1) is 0 Å². The normalized spacial score (nSPS) is 11.5. The van der Waals surface area contributed by atoms with Crippen molar-refractivity contribution in [1.82, 2.24) is 5.32 Å². The maximum absolute atomic E-state index is 10.6. The molecule has 0 saturated carbocycles. The third-order valence-corrected chi connectivity index (χ3v) is 2.70. The molecule has 92 valence electrons. The van der Waals surface area contributed by atoms with Gasteiger partial charge >= 0.3 is 5.97 Å². The van der Waals surface area contributed by atoms with Gasteiger partial charge in [-0.15, -0.1) is 0 Å². The summed E-state index contributed by atoms with van der Waals surface area (Å²) in [7, 11) is 0. The lowest BCUT2D eigenvalue weighted by Gasteiger charge is -2.07. The van der Waals surface area contributed by atoms with Gasteiger partial charge in [-0.25, -0.2) is 4.79 Å². The van der Waals surface area contributed by atoms with Gasteiger partial charge in [-0.2, -0.15) is 0 Å². The molecule has 3 heteroatoms. The van der Waals surface area contributed by atoms with Crippen LogP contribution in [0.3, 0.4) is 0 Å². The SMILES string of the molecule is CCc1ccccc1CNC/C=C(/C)C(=O)O. The van der Waals surface area contributed by atoms with E-state index in [1.54, 1.807) is 13.0 Å². The van der Waals surface area contributed by atoms with Crippen molar-refractivity contribution >= 4 is 5.97 Å². The van der Waals surface area contributed by atoms with Crippen LogP contribution in [0, 0.1) is 0 Å². The number of benzene rings is 1. The van der Waals surface area contributed by atoms with Crippen LogP contribution in [0.4, 0.5) is 0 Å². The lowest BCUT2D eigenvalue weighted by molar-refractivity contribution is -0.132. The Hall–Kier alpha value is -1.61. The Morgan fingerprint density at radius 2 is 2.00 bits per heavy atom. The van der Waals surface area contributed by atoms with Crippen LogP contribution in [-0.2, 0) is 17.8 Å². The second-order valence-electron chi connectivity index (χ2n) is 3.95. The Bertz CT molecular complexity index is 410. The summed E-state index contributed by atoms with van der Waals surface area (Å²) in [5, 5.41) is 11.9. The fourth-order valence-corrected chi connectivity index (χ4v) is 1.59. The monoisotopic (exact) mass is 233 g/mol. The van der Waals surface area contributed by atoms with Crippen molar-refractivity contribution in [3.8, 4) is 0 Å². The summed E-state index contributed by atoms with van der Waals surface area (Å²) < 4.78 is 0. The minimum Gasteiger partial charge on any atom is -0.478 e. The van der Waals surface area contributed by atoms with Crippen LogP contribution >= 0.6 is 0 Å². The van der Waals surface area contributed by atoms with Crippen molar-refractivity contribution in [3.63, 3.8) is 0 Å². The Labute approximate surface area is 102 Å². The smallest absolute Gasteiger partial charge is 0.330 e. The molecule has 0 aromatic heterocycles. The van der Waals surface area contributed by atoms with Crippen molar-refractivity contribution in [1.29, 1.82) is 0 Å². The summed E-state index contributed by atoms with van der Waals surface area (Å²) in [6, 6.07) is 8.28. The minimum absolute atomic E-state index is 0.376. The maximum atomic E-state index is 10.6. The van der Waals surface area contributed by atoms with Gasteiger partial charge in [0, 0.05) is 18.7 Å². The molecule has 0 aliphatic carbocycles. The molecule has 0 amide bonds. The molecule has 0 atom stereocenters. The number of hydrogen-bond donors (Lipinski definition) is 2. The van der Waals surface area contributed by atoms with Crippen LogP contribution in [0.2, 0.25) is 0 Å². The Morgan fingerprint density at radius 3 is 2.59 bits per heavy atom. The number of aliphatic carboxylic acids is 1. The summed E-state index contributed by atoms with van der Waals surface area (Å²) in [5.74, 6) is -0.860. The van der Waals surface area contributed by atoms with Gasteiger partial charge in [-0.1, -0.05) is 37.3 Å². The molecular formula is C14H19NO2. The first kappa shape index (κ1) is 13.5. The number of carboxylic acid groups (broad SMARTS) is 1. The number of carbonyl (C=O) groups is 1. The molecule has 0 spiro atoms. The molecule has 1 rings (SSSR count). The van der Waals surface area contributed by atoms with Crippen molar-refractivity contribution < 1.29 is 9.90 Å². The van der Waals surface area contributed by atoms with E-state index in [1.807, 2.05) is 12.1 Å². The highest BCUT2D eigenvalue weighted by molar-refractivity contribution is 5.85. The Kier molecular flexibility index (Phi) is 5.43. The van der Waals surface area contributed by atoms with Gasteiger partial charge in [0.15, 0.2) is 0 Å². The highest BCUT2D eigenvalue weighted by Crippen LogP contribution is 2.08. The summed E-state index contributed by atoms with van der Waals surface area (Å²) in [5.41, 5.74) is 2.98. The predicted octanol–water partition coefficient (Wildman–Crippen LogP) is 2.37. The standard InChI is InChI=1S/C14H19NO2/c1-3-12-6-4-5-7-13(12)10-15-9-8-11(2)14(16)17/h4-8,15H,3,9-10H2,1-2H3,(H,16,17)/b11-8-. The Morgan fingerprint density at radius 1 is 1.35 bits per heavy atom. The van der Waals surface area contributed by atoms with Crippen LogP contribution in [0.5, 0.6) is 0 Å². The molecule has 17 heavy (non-hydrogen) atoms. The fraction of sp³-hybridized carbons (Fsp3) is 0.357. The lowest BCUT2D eigenvalue weighted by Crippen LogP contribution is -2.15. The molecule has 0 radical (unpaired) electrons. The molecule has 3 nitrogen and oxygen atoms in total. The highest BCUT2D eigenvalue weighted by Gasteiger charge is 2.00. The first-order valence-electron chi connectivity index (χ1n) is 5.82. The van der Waals surface area contributed by atoms with Gasteiger partial charge < -0.3 is 10.4 Å². The molecule has 0 saturated heterocycles. The largest absolute Gasteiger partial charge is 0.478 e. The van der Waals surface area contributed by atoms with E-state index in [0.717, 1.165) is 13.0 Å².